The molecular weight excluding hydrogens is 341 g/mol. The molecule has 0 aliphatic carbocycles. The van der Waals surface area contributed by atoms with E-state index in [4.69, 9.17) is 14.5 Å². The van der Waals surface area contributed by atoms with Crippen molar-refractivity contribution in [1.29, 1.82) is 0 Å². The Morgan fingerprint density at radius 1 is 1.17 bits per heavy atom. The van der Waals surface area contributed by atoms with Crippen molar-refractivity contribution in [1.82, 2.24) is 0 Å². The topological polar surface area (TPSA) is 133 Å². The van der Waals surface area contributed by atoms with Crippen molar-refractivity contribution in [2.45, 2.75) is 26.7 Å². The Morgan fingerprint density at radius 3 is 1.96 bits per heavy atom. The summed E-state index contributed by atoms with van der Waals surface area (Å²) < 4.78 is 21.3. The zero-order valence-corrected chi connectivity index (χ0v) is 15.7. The second kappa shape index (κ2) is 12.2. The maximum atomic E-state index is 11.2. The first kappa shape index (κ1) is 25.0. The molecule has 0 aromatic carbocycles. The van der Waals surface area contributed by atoms with Gasteiger partial charge in [0.2, 0.25) is 0 Å². The molecule has 2 N–H and O–H groups in total. The van der Waals surface area contributed by atoms with Crippen molar-refractivity contribution in [3.8, 4) is 0 Å². The minimum absolute atomic E-state index is 0.153. The van der Waals surface area contributed by atoms with Crippen LogP contribution in [0.5, 0.6) is 0 Å². The predicted molar refractivity (Wildman–Crippen MR) is 85.9 cm³/mol. The fourth-order valence-corrected chi connectivity index (χ4v) is 1.93. The Morgan fingerprint density at radius 2 is 1.67 bits per heavy atom. The number of likely N-dealkylation sites (N-methyl/N-ethyl adjacent to an activating group) is 1. The Labute approximate surface area is 142 Å². The molecule has 9 nitrogen and oxygen atoms in total. The number of rotatable bonds is 10. The number of phosphoric ester groups is 1. The predicted octanol–water partition coefficient (Wildman–Crippen LogP) is 0.394. The molecule has 0 radical (unpaired) electrons. The van der Waals surface area contributed by atoms with Crippen LogP contribution in [-0.2, 0) is 23.2 Å². The van der Waals surface area contributed by atoms with Gasteiger partial charge in [-0.3, -0.25) is 9.05 Å². The van der Waals surface area contributed by atoms with Crippen LogP contribution in [0.2, 0.25) is 0 Å². The van der Waals surface area contributed by atoms with Gasteiger partial charge in [0.15, 0.2) is 0 Å². The lowest BCUT2D eigenvalue weighted by atomic mass is 10.2. The van der Waals surface area contributed by atoms with Gasteiger partial charge in [-0.05, 0) is 18.9 Å². The van der Waals surface area contributed by atoms with E-state index in [2.05, 4.69) is 4.52 Å². The minimum Gasteiger partial charge on any atom is -0.545 e. The van der Waals surface area contributed by atoms with Gasteiger partial charge >= 0.3 is 13.8 Å². The molecular formula is C14H28NO8P. The van der Waals surface area contributed by atoms with Crippen molar-refractivity contribution < 1.29 is 42.8 Å². The van der Waals surface area contributed by atoms with Crippen LogP contribution in [-0.4, -0.2) is 67.3 Å². The second-order valence-electron chi connectivity index (χ2n) is 5.80. The van der Waals surface area contributed by atoms with Crippen LogP contribution in [0.4, 0.5) is 0 Å². The molecule has 1 atom stereocenters. The first-order valence-corrected chi connectivity index (χ1v) is 8.91. The van der Waals surface area contributed by atoms with E-state index in [0.717, 1.165) is 0 Å². The number of hydrogen-bond acceptors (Lipinski definition) is 6. The first-order valence-electron chi connectivity index (χ1n) is 7.41. The van der Waals surface area contributed by atoms with E-state index in [1.165, 1.54) is 0 Å². The van der Waals surface area contributed by atoms with Crippen LogP contribution in [0.1, 0.15) is 26.7 Å². The van der Waals surface area contributed by atoms with Gasteiger partial charge < -0.3 is 24.4 Å². The van der Waals surface area contributed by atoms with Gasteiger partial charge in [-0.25, -0.2) is 9.36 Å². The Balaban J connectivity index is 0. The molecule has 0 aliphatic rings. The van der Waals surface area contributed by atoms with Crippen LogP contribution in [0, 0.1) is 0 Å². The molecule has 0 aromatic rings. The van der Waals surface area contributed by atoms with Crippen LogP contribution >= 0.6 is 7.82 Å². The Hall–Kier alpha value is -1.25. The van der Waals surface area contributed by atoms with Gasteiger partial charge in [-0.1, -0.05) is 13.8 Å². The number of carbonyl (C=O) groups excluding carboxylic acids is 1. The minimum atomic E-state index is -3.81. The maximum Gasteiger partial charge on any atom is 0.472 e. The molecule has 0 bridgehead atoms. The molecule has 0 saturated carbocycles. The lowest BCUT2D eigenvalue weighted by Crippen LogP contribution is -2.37. The normalized spacial score (nSPS) is 14.3. The SMILES string of the molecule is CC/C(=C/C(=O)[O-])C(=O)O.CCCOP(=O)(O)OCC[N+](C)(C)C. The van der Waals surface area contributed by atoms with Crippen molar-refractivity contribution in [2.24, 2.45) is 0 Å². The number of carbonyl (C=O) groups is 2. The fraction of sp³-hybridized carbons (Fsp3) is 0.714. The standard InChI is InChI=1S/C8H20NO4P.C6H8O4/c1-5-7-12-14(10,11)13-8-6-9(2,3)4;1-2-4(6(9)10)3-5(7)8/h5-8H2,1-4H3;3H,2H2,1H3,(H,7,8)(H,9,10)/b;4-3-. The molecule has 1 unspecified atom stereocenters. The number of carboxylic acid groups (broad SMARTS) is 2. The Bertz CT molecular complexity index is 470. The van der Waals surface area contributed by atoms with Gasteiger partial charge in [0.25, 0.3) is 0 Å². The summed E-state index contributed by atoms with van der Waals surface area (Å²) in [5.74, 6) is -2.69. The summed E-state index contributed by atoms with van der Waals surface area (Å²) in [5.41, 5.74) is -0.153. The molecule has 0 aromatic heterocycles. The molecule has 24 heavy (non-hydrogen) atoms. The third-order valence-electron chi connectivity index (χ3n) is 2.42. The van der Waals surface area contributed by atoms with Gasteiger partial charge in [0.1, 0.15) is 13.2 Å². The number of phosphoric acid groups is 1. The van der Waals surface area contributed by atoms with Crippen LogP contribution in [0.3, 0.4) is 0 Å². The summed E-state index contributed by atoms with van der Waals surface area (Å²) in [6.07, 6.45) is 1.47. The van der Waals surface area contributed by atoms with Gasteiger partial charge in [0.05, 0.1) is 33.7 Å². The summed E-state index contributed by atoms with van der Waals surface area (Å²) in [7, 11) is 2.15. The number of quaternary nitrogens is 1. The average molecular weight is 369 g/mol. The highest BCUT2D eigenvalue weighted by Crippen LogP contribution is 2.42. The summed E-state index contributed by atoms with van der Waals surface area (Å²) >= 11 is 0. The highest BCUT2D eigenvalue weighted by Gasteiger charge is 2.21. The lowest BCUT2D eigenvalue weighted by molar-refractivity contribution is -0.870. The summed E-state index contributed by atoms with van der Waals surface area (Å²) in [6, 6.07) is 0. The molecule has 0 fully saturated rings. The quantitative estimate of drug-likeness (QED) is 0.321. The van der Waals surface area contributed by atoms with E-state index in [1.807, 2.05) is 28.1 Å². The molecule has 10 heteroatoms. The van der Waals surface area contributed by atoms with Crippen LogP contribution in [0.15, 0.2) is 11.6 Å². The highest BCUT2D eigenvalue weighted by atomic mass is 31.2. The van der Waals surface area contributed by atoms with E-state index in [1.54, 1.807) is 6.92 Å². The van der Waals surface area contributed by atoms with E-state index in [9.17, 15) is 19.3 Å². The fourth-order valence-electron chi connectivity index (χ4n) is 1.13. The zero-order chi connectivity index (χ0) is 19.4. The average Bonchev–Trinajstić information content (AvgIpc) is 2.41. The molecule has 0 heterocycles. The first-order chi connectivity index (χ1) is 10.8. The van der Waals surface area contributed by atoms with Gasteiger partial charge in [-0.15, -0.1) is 0 Å². The van der Waals surface area contributed by atoms with Crippen molar-refractivity contribution in [2.75, 3.05) is 40.9 Å². The smallest absolute Gasteiger partial charge is 0.472 e. The summed E-state index contributed by atoms with van der Waals surface area (Å²) in [6.45, 7) is 4.56. The largest absolute Gasteiger partial charge is 0.545 e. The number of aliphatic carboxylic acids is 2. The molecule has 0 amide bonds. The molecule has 0 saturated heterocycles. The number of hydrogen-bond donors (Lipinski definition) is 2. The van der Waals surface area contributed by atoms with Crippen molar-refractivity contribution in [3.05, 3.63) is 11.6 Å². The van der Waals surface area contributed by atoms with Crippen LogP contribution < -0.4 is 5.11 Å². The number of carboxylic acids is 2. The molecule has 142 valence electrons. The zero-order valence-electron chi connectivity index (χ0n) is 14.9. The third kappa shape index (κ3) is 17.1. The van der Waals surface area contributed by atoms with Crippen LogP contribution in [0.25, 0.3) is 0 Å². The highest BCUT2D eigenvalue weighted by molar-refractivity contribution is 7.47. The van der Waals surface area contributed by atoms with E-state index >= 15 is 0 Å². The Kier molecular flexibility index (Phi) is 12.7. The third-order valence-corrected chi connectivity index (χ3v) is 3.44. The van der Waals surface area contributed by atoms with E-state index in [0.29, 0.717) is 23.5 Å². The molecule has 0 spiro atoms. The monoisotopic (exact) mass is 369 g/mol. The number of nitrogens with zero attached hydrogens (tertiary/aromatic N) is 1. The summed E-state index contributed by atoms with van der Waals surface area (Å²) in [5, 5.41) is 18.1. The lowest BCUT2D eigenvalue weighted by Gasteiger charge is -2.23. The van der Waals surface area contributed by atoms with Gasteiger partial charge in [0, 0.05) is 5.57 Å². The van der Waals surface area contributed by atoms with E-state index in [-0.39, 0.29) is 25.2 Å². The summed E-state index contributed by atoms with van der Waals surface area (Å²) in [4.78, 5) is 29.1. The maximum absolute atomic E-state index is 11.2. The molecule has 0 rings (SSSR count). The van der Waals surface area contributed by atoms with Crippen molar-refractivity contribution in [3.63, 3.8) is 0 Å². The van der Waals surface area contributed by atoms with Crippen molar-refractivity contribution >= 4 is 19.8 Å². The molecule has 0 aliphatic heterocycles. The van der Waals surface area contributed by atoms with E-state index < -0.39 is 19.8 Å². The second-order valence-corrected chi connectivity index (χ2v) is 7.25. The van der Waals surface area contributed by atoms with Gasteiger partial charge in [-0.2, -0.15) is 0 Å².